The van der Waals surface area contributed by atoms with Crippen LogP contribution in [0.15, 0.2) is 18.2 Å². The molecule has 1 aromatic heterocycles. The largest absolute Gasteiger partial charge is 0.351 e. The summed E-state index contributed by atoms with van der Waals surface area (Å²) in [6, 6.07) is 5.09. The fraction of sp³-hybridized carbons (Fsp3) is 0.429. The minimum atomic E-state index is -0.404. The van der Waals surface area contributed by atoms with Gasteiger partial charge in [0.25, 0.3) is 11.8 Å². The normalized spacial score (nSPS) is 20.0. The van der Waals surface area contributed by atoms with Crippen LogP contribution in [0.5, 0.6) is 0 Å². The molecule has 6 nitrogen and oxygen atoms in total. The zero-order chi connectivity index (χ0) is 22.2. The highest BCUT2D eigenvalue weighted by Gasteiger charge is 2.34. The highest BCUT2D eigenvalue weighted by atomic mass is 127. The number of thioether (sulfide) groups is 1. The van der Waals surface area contributed by atoms with E-state index in [2.05, 4.69) is 57.7 Å². The molecule has 3 heterocycles. The highest BCUT2D eigenvalue weighted by Crippen LogP contribution is 2.40. The lowest BCUT2D eigenvalue weighted by Gasteiger charge is -2.22. The molecule has 2 amide bonds. The van der Waals surface area contributed by atoms with Crippen molar-refractivity contribution in [3.8, 4) is 0 Å². The molecule has 2 aliphatic rings. The fourth-order valence-corrected chi connectivity index (χ4v) is 6.26. The summed E-state index contributed by atoms with van der Waals surface area (Å²) in [5.41, 5.74) is 1.24. The average Bonchev–Trinajstić information content (AvgIpc) is 3.32. The van der Waals surface area contributed by atoms with E-state index in [0.717, 1.165) is 20.8 Å². The lowest BCUT2D eigenvalue weighted by atomic mass is 9.85. The Hall–Kier alpha value is -1.37. The molecule has 0 spiro atoms. The van der Waals surface area contributed by atoms with Gasteiger partial charge in [-0.3, -0.25) is 9.59 Å². The molecule has 1 atom stereocenters. The van der Waals surface area contributed by atoms with Gasteiger partial charge < -0.3 is 21.3 Å². The van der Waals surface area contributed by atoms with Crippen LogP contribution in [0.3, 0.4) is 0 Å². The molecule has 2 aromatic rings. The molecule has 31 heavy (non-hydrogen) atoms. The van der Waals surface area contributed by atoms with E-state index in [4.69, 9.17) is 0 Å². The number of carbonyl (C=O) groups is 2. The molecular formula is C21H24FIN4O2S2. The molecule has 4 rings (SSSR count). The number of fused-ring (bicyclic) bond motifs is 1. The predicted molar refractivity (Wildman–Crippen MR) is 133 cm³/mol. The number of thiophene rings is 1. The van der Waals surface area contributed by atoms with Crippen LogP contribution in [0.4, 0.5) is 15.1 Å². The average molecular weight is 574 g/mol. The summed E-state index contributed by atoms with van der Waals surface area (Å²) in [6.45, 7) is 5.16. The van der Waals surface area contributed by atoms with Gasteiger partial charge in [-0.2, -0.15) is 0 Å². The molecule has 1 unspecified atom stereocenters. The Morgan fingerprint density at radius 1 is 1.39 bits per heavy atom. The van der Waals surface area contributed by atoms with Crippen molar-refractivity contribution >= 4 is 68.2 Å². The number of hydrogen-bond acceptors (Lipinski definition) is 6. The first kappa shape index (κ1) is 22.8. The Morgan fingerprint density at radius 2 is 2.19 bits per heavy atom. The van der Waals surface area contributed by atoms with Crippen LogP contribution in [0, 0.1) is 14.8 Å². The maximum Gasteiger partial charge on any atom is 0.261 e. The Balaban J connectivity index is 1.71. The summed E-state index contributed by atoms with van der Waals surface area (Å²) in [7, 11) is 0. The zero-order valence-corrected chi connectivity index (χ0v) is 21.0. The third kappa shape index (κ3) is 5.18. The Kier molecular flexibility index (Phi) is 6.80. The van der Waals surface area contributed by atoms with Gasteiger partial charge >= 0.3 is 0 Å². The van der Waals surface area contributed by atoms with E-state index in [1.165, 1.54) is 17.4 Å². The first-order valence-electron chi connectivity index (χ1n) is 9.99. The first-order valence-corrected chi connectivity index (χ1v) is 13.0. The van der Waals surface area contributed by atoms with Gasteiger partial charge in [-0.25, -0.2) is 4.39 Å². The van der Waals surface area contributed by atoms with E-state index >= 15 is 0 Å². The number of anilines is 2. The topological polar surface area (TPSA) is 82.3 Å². The second-order valence-corrected chi connectivity index (χ2v) is 11.8. The van der Waals surface area contributed by atoms with E-state index in [9.17, 15) is 14.0 Å². The van der Waals surface area contributed by atoms with Crippen LogP contribution in [0.1, 0.15) is 39.4 Å². The summed E-state index contributed by atoms with van der Waals surface area (Å²) < 4.78 is 15.3. The molecular weight excluding hydrogens is 550 g/mol. The van der Waals surface area contributed by atoms with Crippen LogP contribution in [0.25, 0.3) is 0 Å². The number of carbonyl (C=O) groups excluding carboxylic acids is 2. The fourth-order valence-electron chi connectivity index (χ4n) is 3.67. The van der Waals surface area contributed by atoms with Crippen LogP contribution < -0.4 is 21.3 Å². The predicted octanol–water partition coefficient (Wildman–Crippen LogP) is 3.94. The van der Waals surface area contributed by atoms with Gasteiger partial charge in [0, 0.05) is 34.3 Å². The Labute approximate surface area is 202 Å². The van der Waals surface area contributed by atoms with Crippen molar-refractivity contribution in [2.75, 3.05) is 30.0 Å². The number of amides is 2. The van der Waals surface area contributed by atoms with Gasteiger partial charge in [-0.1, -0.05) is 13.8 Å². The molecule has 1 aromatic carbocycles. The lowest BCUT2D eigenvalue weighted by Crippen LogP contribution is -2.39. The Morgan fingerprint density at radius 3 is 2.90 bits per heavy atom. The summed E-state index contributed by atoms with van der Waals surface area (Å²) in [4.78, 5) is 26.6. The second kappa shape index (κ2) is 9.24. The quantitative estimate of drug-likeness (QED) is 0.407. The van der Waals surface area contributed by atoms with Crippen molar-refractivity contribution in [2.24, 2.45) is 5.41 Å². The molecule has 0 saturated carbocycles. The number of nitrogens with one attached hydrogen (secondary N) is 4. The van der Waals surface area contributed by atoms with Gasteiger partial charge in [0.15, 0.2) is 0 Å². The van der Waals surface area contributed by atoms with E-state index < -0.39 is 5.82 Å². The summed E-state index contributed by atoms with van der Waals surface area (Å²) in [6.07, 6.45) is 0.578. The van der Waals surface area contributed by atoms with Crippen LogP contribution >= 0.6 is 45.7 Å². The number of hydrogen-bond donors (Lipinski definition) is 4. The van der Waals surface area contributed by atoms with Crippen LogP contribution in [-0.4, -0.2) is 42.6 Å². The molecule has 0 aliphatic carbocycles. The van der Waals surface area contributed by atoms with Crippen molar-refractivity contribution in [3.63, 3.8) is 0 Å². The third-order valence-corrected chi connectivity index (χ3v) is 8.13. The van der Waals surface area contributed by atoms with Crippen molar-refractivity contribution in [2.45, 2.75) is 26.3 Å². The zero-order valence-electron chi connectivity index (χ0n) is 17.2. The minimum absolute atomic E-state index is 0.190. The third-order valence-electron chi connectivity index (χ3n) is 5.30. The minimum Gasteiger partial charge on any atom is -0.351 e. The smallest absolute Gasteiger partial charge is 0.261 e. The monoisotopic (exact) mass is 574 g/mol. The highest BCUT2D eigenvalue weighted by molar-refractivity contribution is 14.1. The second-order valence-electron chi connectivity index (χ2n) is 8.51. The molecule has 1 saturated heterocycles. The van der Waals surface area contributed by atoms with Crippen LogP contribution in [-0.2, 0) is 6.42 Å². The van der Waals surface area contributed by atoms with Gasteiger partial charge in [0.05, 0.1) is 16.1 Å². The van der Waals surface area contributed by atoms with Crippen molar-refractivity contribution < 1.29 is 14.0 Å². The maximum atomic E-state index is 14.5. The maximum absolute atomic E-state index is 14.5. The van der Waals surface area contributed by atoms with Crippen LogP contribution in [0.2, 0.25) is 0 Å². The van der Waals surface area contributed by atoms with Crippen molar-refractivity contribution in [3.05, 3.63) is 43.6 Å². The van der Waals surface area contributed by atoms with Gasteiger partial charge in [0.2, 0.25) is 0 Å². The number of benzene rings is 1. The first-order chi connectivity index (χ1) is 14.7. The lowest BCUT2D eigenvalue weighted by molar-refractivity contribution is 0.0944. The van der Waals surface area contributed by atoms with Crippen molar-refractivity contribution in [1.82, 2.24) is 16.0 Å². The Bertz CT molecular complexity index is 1020. The van der Waals surface area contributed by atoms with Gasteiger partial charge in [-0.15, -0.1) is 23.1 Å². The SMILES string of the molecule is CC1(C)CNC(=O)c2sc(Nc3ccc(I)cc3F)c(C(=O)NCC3CSCN3)c2C1. The summed E-state index contributed by atoms with van der Waals surface area (Å²) >= 11 is 5.05. The van der Waals surface area contributed by atoms with E-state index in [-0.39, 0.29) is 29.0 Å². The van der Waals surface area contributed by atoms with E-state index in [1.54, 1.807) is 23.9 Å². The van der Waals surface area contributed by atoms with Gasteiger partial charge in [-0.05, 0) is 58.2 Å². The molecule has 2 aliphatic heterocycles. The molecule has 10 heteroatoms. The van der Waals surface area contributed by atoms with Crippen molar-refractivity contribution in [1.29, 1.82) is 0 Å². The summed E-state index contributed by atoms with van der Waals surface area (Å²) in [5, 5.41) is 12.9. The summed E-state index contributed by atoms with van der Waals surface area (Å²) in [5.74, 6) is 0.983. The van der Waals surface area contributed by atoms with E-state index in [0.29, 0.717) is 35.0 Å². The molecule has 166 valence electrons. The molecule has 4 N–H and O–H groups in total. The molecule has 0 radical (unpaired) electrons. The van der Waals surface area contributed by atoms with Gasteiger partial charge in [0.1, 0.15) is 10.8 Å². The number of halogens is 2. The van der Waals surface area contributed by atoms with E-state index in [1.807, 2.05) is 0 Å². The molecule has 1 fully saturated rings. The number of rotatable bonds is 5. The molecule has 0 bridgehead atoms. The standard InChI is InChI=1S/C21H24FIN4O2S2/c1-21(2)6-13-16(18(28)24-7-12-8-30-10-26-12)20(31-17(13)19(29)25-9-21)27-15-4-3-11(23)5-14(15)22/h3-5,12,26-27H,6-10H2,1-2H3,(H,24,28)(H,25,29).